The molecule has 0 aromatic heterocycles. The third kappa shape index (κ3) is 2.25. The SMILES string of the molecule is CCCN(c1ccc(C)c(N)c1)C1CC1. The van der Waals surface area contributed by atoms with E-state index in [9.17, 15) is 0 Å². The van der Waals surface area contributed by atoms with Crippen LogP contribution in [0.4, 0.5) is 11.4 Å². The fraction of sp³-hybridized carbons (Fsp3) is 0.538. The van der Waals surface area contributed by atoms with Gasteiger partial charge in [-0.1, -0.05) is 13.0 Å². The average Bonchev–Trinajstić information content (AvgIpc) is 3.02. The third-order valence-electron chi connectivity index (χ3n) is 3.05. The van der Waals surface area contributed by atoms with Gasteiger partial charge in [-0.25, -0.2) is 0 Å². The normalized spacial score (nSPS) is 15.3. The molecule has 1 aromatic carbocycles. The van der Waals surface area contributed by atoms with Crippen molar-refractivity contribution in [3.05, 3.63) is 23.8 Å². The topological polar surface area (TPSA) is 29.3 Å². The summed E-state index contributed by atoms with van der Waals surface area (Å²) in [6.07, 6.45) is 3.88. The maximum Gasteiger partial charge on any atom is 0.0389 e. The van der Waals surface area contributed by atoms with Crippen molar-refractivity contribution in [2.24, 2.45) is 0 Å². The predicted octanol–water partition coefficient (Wildman–Crippen LogP) is 2.96. The molecular formula is C13H20N2. The molecule has 0 atom stereocenters. The molecule has 0 bridgehead atoms. The first-order chi connectivity index (χ1) is 7.22. The van der Waals surface area contributed by atoms with Gasteiger partial charge in [-0.3, -0.25) is 0 Å². The summed E-state index contributed by atoms with van der Waals surface area (Å²) in [5.41, 5.74) is 9.33. The largest absolute Gasteiger partial charge is 0.398 e. The molecule has 0 radical (unpaired) electrons. The van der Waals surface area contributed by atoms with E-state index in [-0.39, 0.29) is 0 Å². The molecule has 1 aliphatic carbocycles. The Labute approximate surface area is 92.1 Å². The van der Waals surface area contributed by atoms with Crippen molar-refractivity contribution in [2.45, 2.75) is 39.2 Å². The van der Waals surface area contributed by atoms with Crippen LogP contribution >= 0.6 is 0 Å². The minimum absolute atomic E-state index is 0.770. The van der Waals surface area contributed by atoms with Gasteiger partial charge in [0.15, 0.2) is 0 Å². The molecule has 82 valence electrons. The molecule has 0 heterocycles. The van der Waals surface area contributed by atoms with Gasteiger partial charge >= 0.3 is 0 Å². The fourth-order valence-corrected chi connectivity index (χ4v) is 1.96. The van der Waals surface area contributed by atoms with Crippen LogP contribution in [0.5, 0.6) is 0 Å². The summed E-state index contributed by atoms with van der Waals surface area (Å²) in [7, 11) is 0. The molecule has 0 aliphatic heterocycles. The van der Waals surface area contributed by atoms with Gasteiger partial charge in [0.1, 0.15) is 0 Å². The van der Waals surface area contributed by atoms with Crippen LogP contribution in [0.15, 0.2) is 18.2 Å². The van der Waals surface area contributed by atoms with E-state index in [1.165, 1.54) is 30.5 Å². The van der Waals surface area contributed by atoms with Crippen LogP contribution in [0.3, 0.4) is 0 Å². The van der Waals surface area contributed by atoms with E-state index >= 15 is 0 Å². The smallest absolute Gasteiger partial charge is 0.0389 e. The van der Waals surface area contributed by atoms with Crippen molar-refractivity contribution < 1.29 is 0 Å². The first kappa shape index (κ1) is 10.3. The average molecular weight is 204 g/mol. The lowest BCUT2D eigenvalue weighted by atomic mass is 10.1. The van der Waals surface area contributed by atoms with Gasteiger partial charge in [0, 0.05) is 24.0 Å². The number of nitrogens with two attached hydrogens (primary N) is 1. The molecule has 2 nitrogen and oxygen atoms in total. The molecule has 1 aromatic rings. The number of nitrogens with zero attached hydrogens (tertiary/aromatic N) is 1. The van der Waals surface area contributed by atoms with Gasteiger partial charge in [-0.2, -0.15) is 0 Å². The Morgan fingerprint density at radius 1 is 1.40 bits per heavy atom. The number of benzene rings is 1. The summed E-state index contributed by atoms with van der Waals surface area (Å²) in [6, 6.07) is 7.20. The van der Waals surface area contributed by atoms with Crippen molar-refractivity contribution in [3.63, 3.8) is 0 Å². The van der Waals surface area contributed by atoms with Gasteiger partial charge in [0.05, 0.1) is 0 Å². The summed E-state index contributed by atoms with van der Waals surface area (Å²) >= 11 is 0. The van der Waals surface area contributed by atoms with E-state index in [2.05, 4.69) is 36.9 Å². The lowest BCUT2D eigenvalue weighted by molar-refractivity contribution is 0.763. The molecule has 0 unspecified atom stereocenters. The number of aryl methyl sites for hydroxylation is 1. The Balaban J connectivity index is 2.21. The predicted molar refractivity (Wildman–Crippen MR) is 66.3 cm³/mol. The highest BCUT2D eigenvalue weighted by molar-refractivity contribution is 5.60. The molecule has 1 fully saturated rings. The van der Waals surface area contributed by atoms with Crippen LogP contribution in [0.1, 0.15) is 31.7 Å². The lowest BCUT2D eigenvalue weighted by Crippen LogP contribution is -2.26. The van der Waals surface area contributed by atoms with E-state index in [4.69, 9.17) is 5.73 Å². The Kier molecular flexibility index (Phi) is 2.85. The van der Waals surface area contributed by atoms with Crippen LogP contribution in [0.25, 0.3) is 0 Å². The first-order valence-corrected chi connectivity index (χ1v) is 5.85. The van der Waals surface area contributed by atoms with Crippen LogP contribution in [-0.2, 0) is 0 Å². The van der Waals surface area contributed by atoms with Crippen molar-refractivity contribution in [2.75, 3.05) is 17.2 Å². The molecule has 15 heavy (non-hydrogen) atoms. The second-order valence-corrected chi connectivity index (χ2v) is 4.47. The Morgan fingerprint density at radius 3 is 2.67 bits per heavy atom. The minimum Gasteiger partial charge on any atom is -0.398 e. The van der Waals surface area contributed by atoms with E-state index < -0.39 is 0 Å². The molecule has 0 spiro atoms. The van der Waals surface area contributed by atoms with Gasteiger partial charge in [0.25, 0.3) is 0 Å². The Bertz CT molecular complexity index is 342. The monoisotopic (exact) mass is 204 g/mol. The molecule has 1 aliphatic rings. The number of hydrogen-bond donors (Lipinski definition) is 1. The minimum atomic E-state index is 0.770. The highest BCUT2D eigenvalue weighted by atomic mass is 15.2. The van der Waals surface area contributed by atoms with Crippen LogP contribution < -0.4 is 10.6 Å². The zero-order chi connectivity index (χ0) is 10.8. The van der Waals surface area contributed by atoms with E-state index in [0.717, 1.165) is 18.3 Å². The summed E-state index contributed by atoms with van der Waals surface area (Å²) in [5.74, 6) is 0. The van der Waals surface area contributed by atoms with Gasteiger partial charge < -0.3 is 10.6 Å². The van der Waals surface area contributed by atoms with Crippen LogP contribution in [0.2, 0.25) is 0 Å². The molecule has 0 saturated heterocycles. The molecule has 2 N–H and O–H groups in total. The van der Waals surface area contributed by atoms with Gasteiger partial charge in [-0.15, -0.1) is 0 Å². The van der Waals surface area contributed by atoms with Crippen molar-refractivity contribution in [1.29, 1.82) is 0 Å². The standard InChI is InChI=1S/C13H20N2/c1-3-8-15(11-6-7-11)12-5-4-10(2)13(14)9-12/h4-5,9,11H,3,6-8,14H2,1-2H3. The van der Waals surface area contributed by atoms with Crippen LogP contribution in [-0.4, -0.2) is 12.6 Å². The molecule has 0 amide bonds. The maximum absolute atomic E-state index is 5.95. The Hall–Kier alpha value is -1.18. The van der Waals surface area contributed by atoms with E-state index in [0.29, 0.717) is 0 Å². The molecule has 1 saturated carbocycles. The zero-order valence-corrected chi connectivity index (χ0v) is 9.66. The number of anilines is 2. The third-order valence-corrected chi connectivity index (χ3v) is 3.05. The quantitative estimate of drug-likeness (QED) is 0.764. The summed E-state index contributed by atoms with van der Waals surface area (Å²) in [6.45, 7) is 5.43. The zero-order valence-electron chi connectivity index (χ0n) is 9.66. The van der Waals surface area contributed by atoms with Gasteiger partial charge in [0.2, 0.25) is 0 Å². The van der Waals surface area contributed by atoms with Crippen molar-refractivity contribution in [1.82, 2.24) is 0 Å². The summed E-state index contributed by atoms with van der Waals surface area (Å²) < 4.78 is 0. The van der Waals surface area contributed by atoms with Crippen molar-refractivity contribution in [3.8, 4) is 0 Å². The molecule has 2 heteroatoms. The highest BCUT2D eigenvalue weighted by Crippen LogP contribution is 2.33. The molecule has 2 rings (SSSR count). The van der Waals surface area contributed by atoms with E-state index in [1.807, 2.05) is 0 Å². The first-order valence-electron chi connectivity index (χ1n) is 5.85. The van der Waals surface area contributed by atoms with Gasteiger partial charge in [-0.05, 0) is 43.9 Å². The fourth-order valence-electron chi connectivity index (χ4n) is 1.96. The van der Waals surface area contributed by atoms with Crippen molar-refractivity contribution >= 4 is 11.4 Å². The second-order valence-electron chi connectivity index (χ2n) is 4.47. The highest BCUT2D eigenvalue weighted by Gasteiger charge is 2.28. The van der Waals surface area contributed by atoms with Crippen LogP contribution in [0, 0.1) is 6.92 Å². The number of rotatable bonds is 4. The van der Waals surface area contributed by atoms with E-state index in [1.54, 1.807) is 0 Å². The maximum atomic E-state index is 5.95. The second kappa shape index (κ2) is 4.13. The summed E-state index contributed by atoms with van der Waals surface area (Å²) in [5, 5.41) is 0. The summed E-state index contributed by atoms with van der Waals surface area (Å²) in [4.78, 5) is 2.50. The Morgan fingerprint density at radius 2 is 2.13 bits per heavy atom. The molecular weight excluding hydrogens is 184 g/mol. The number of hydrogen-bond acceptors (Lipinski definition) is 2. The lowest BCUT2D eigenvalue weighted by Gasteiger charge is -2.24. The number of nitrogen functional groups attached to an aromatic ring is 1.